The average Bonchev–Trinajstić information content (AvgIpc) is 2.88. The first-order valence-electron chi connectivity index (χ1n) is 5.72. The first-order valence-corrected chi connectivity index (χ1v) is 5.72. The highest BCUT2D eigenvalue weighted by Crippen LogP contribution is 2.53. The van der Waals surface area contributed by atoms with Gasteiger partial charge in [-0.1, -0.05) is 6.08 Å². The Morgan fingerprint density at radius 2 is 2.20 bits per heavy atom. The van der Waals surface area contributed by atoms with Crippen LogP contribution in [0, 0.1) is 11.8 Å². The fourth-order valence-corrected chi connectivity index (χ4v) is 3.40. The summed E-state index contributed by atoms with van der Waals surface area (Å²) >= 11 is 0. The monoisotopic (exact) mass is 208 g/mol. The lowest BCUT2D eigenvalue weighted by atomic mass is 9.91. The highest BCUT2D eigenvalue weighted by Gasteiger charge is 2.55. The number of allylic oxidation sites excluding steroid dienone is 2. The molecule has 0 unspecified atom stereocenters. The van der Waals surface area contributed by atoms with Crippen molar-refractivity contribution in [1.29, 1.82) is 0 Å². The van der Waals surface area contributed by atoms with Crippen LogP contribution < -0.4 is 0 Å². The molecule has 0 amide bonds. The van der Waals surface area contributed by atoms with Gasteiger partial charge in [-0.3, -0.25) is 4.79 Å². The molecule has 0 N–H and O–H groups in total. The second-order valence-electron chi connectivity index (χ2n) is 4.71. The Morgan fingerprint density at radius 1 is 1.47 bits per heavy atom. The summed E-state index contributed by atoms with van der Waals surface area (Å²) in [5.74, 6) is 0.648. The van der Waals surface area contributed by atoms with Crippen LogP contribution in [0.5, 0.6) is 0 Å². The van der Waals surface area contributed by atoms with Gasteiger partial charge < -0.3 is 9.47 Å². The van der Waals surface area contributed by atoms with E-state index in [1.807, 2.05) is 0 Å². The van der Waals surface area contributed by atoms with E-state index in [1.165, 1.54) is 0 Å². The third-order valence-electron chi connectivity index (χ3n) is 4.03. The molecule has 1 saturated heterocycles. The molecule has 15 heavy (non-hydrogen) atoms. The Morgan fingerprint density at radius 3 is 2.87 bits per heavy atom. The number of Topliss-reactive ketones (excluding diaryl/α,β-unsaturated/α-hetero) is 1. The Hall–Kier alpha value is -0.670. The van der Waals surface area contributed by atoms with Gasteiger partial charge in [0.2, 0.25) is 0 Å². The van der Waals surface area contributed by atoms with E-state index in [0.29, 0.717) is 25.0 Å². The van der Waals surface area contributed by atoms with Crippen molar-refractivity contribution in [1.82, 2.24) is 0 Å². The predicted octanol–water partition coefficient (Wildman–Crippen LogP) is 1.67. The summed E-state index contributed by atoms with van der Waals surface area (Å²) in [5, 5.41) is 0. The molecule has 2 fully saturated rings. The topological polar surface area (TPSA) is 35.5 Å². The summed E-state index contributed by atoms with van der Waals surface area (Å²) in [7, 11) is 0. The van der Waals surface area contributed by atoms with Crippen molar-refractivity contribution < 1.29 is 14.3 Å². The van der Waals surface area contributed by atoms with Gasteiger partial charge in [-0.05, 0) is 31.3 Å². The van der Waals surface area contributed by atoms with Crippen LogP contribution in [0.4, 0.5) is 0 Å². The summed E-state index contributed by atoms with van der Waals surface area (Å²) < 4.78 is 11.6. The highest BCUT2D eigenvalue weighted by atomic mass is 16.7. The third-order valence-corrected chi connectivity index (χ3v) is 4.03. The smallest absolute Gasteiger partial charge is 0.172 e. The number of carbonyl (C=O) groups excluding carboxylic acids is 1. The molecule has 1 spiro atoms. The summed E-state index contributed by atoms with van der Waals surface area (Å²) in [6, 6.07) is 0. The van der Waals surface area contributed by atoms with Gasteiger partial charge in [-0.2, -0.15) is 0 Å². The lowest BCUT2D eigenvalue weighted by molar-refractivity contribution is -0.182. The van der Waals surface area contributed by atoms with E-state index in [9.17, 15) is 4.79 Å². The minimum Gasteiger partial charge on any atom is -0.347 e. The van der Waals surface area contributed by atoms with E-state index in [-0.39, 0.29) is 11.6 Å². The largest absolute Gasteiger partial charge is 0.347 e. The molecule has 0 aromatic rings. The maximum absolute atomic E-state index is 11.4. The molecular weight excluding hydrogens is 192 g/mol. The fourth-order valence-electron chi connectivity index (χ4n) is 3.40. The van der Waals surface area contributed by atoms with Gasteiger partial charge in [0.1, 0.15) is 0 Å². The zero-order valence-corrected chi connectivity index (χ0v) is 8.99. The number of hydrogen-bond donors (Lipinski definition) is 0. The summed E-state index contributed by atoms with van der Waals surface area (Å²) in [4.78, 5) is 11.4. The summed E-state index contributed by atoms with van der Waals surface area (Å²) in [5.41, 5.74) is 1.01. The molecule has 1 saturated carbocycles. The van der Waals surface area contributed by atoms with Crippen molar-refractivity contribution >= 4 is 5.78 Å². The van der Waals surface area contributed by atoms with Crippen LogP contribution in [0.2, 0.25) is 0 Å². The number of fused-ring (bicyclic) bond motifs is 2. The number of ketones is 1. The van der Waals surface area contributed by atoms with Gasteiger partial charge in [0.05, 0.1) is 13.2 Å². The molecule has 0 radical (unpaired) electrons. The SMILES string of the molecule is CC(=O)C1=CC[C@H]2[C@@H]1CCC21OCCO1. The zero-order chi connectivity index (χ0) is 10.5. The normalized spacial score (nSPS) is 37.0. The standard InChI is InChI=1S/C12H16O3/c1-8(13)9-2-3-11-10(9)4-5-12(11)14-6-7-15-12/h2,10-11H,3-7H2,1H3/t10-,11+/m1/s1. The van der Waals surface area contributed by atoms with Gasteiger partial charge in [0, 0.05) is 12.3 Å². The second kappa shape index (κ2) is 3.16. The van der Waals surface area contributed by atoms with E-state index >= 15 is 0 Å². The Bertz CT molecular complexity index is 326. The van der Waals surface area contributed by atoms with Crippen LogP contribution in [0.15, 0.2) is 11.6 Å². The van der Waals surface area contributed by atoms with Gasteiger partial charge in [-0.15, -0.1) is 0 Å². The molecular formula is C12H16O3. The van der Waals surface area contributed by atoms with E-state index in [0.717, 1.165) is 24.8 Å². The molecule has 3 aliphatic rings. The number of ether oxygens (including phenoxy) is 2. The minimum atomic E-state index is -0.349. The van der Waals surface area contributed by atoms with Crippen molar-refractivity contribution in [3.63, 3.8) is 0 Å². The van der Waals surface area contributed by atoms with Crippen molar-refractivity contribution in [3.05, 3.63) is 11.6 Å². The van der Waals surface area contributed by atoms with Crippen LogP contribution in [-0.2, 0) is 14.3 Å². The minimum absolute atomic E-state index is 0.220. The van der Waals surface area contributed by atoms with Crippen LogP contribution in [0.1, 0.15) is 26.2 Å². The Labute approximate surface area is 89.4 Å². The van der Waals surface area contributed by atoms with E-state index in [4.69, 9.17) is 9.47 Å². The van der Waals surface area contributed by atoms with Gasteiger partial charge in [0.15, 0.2) is 11.6 Å². The Kier molecular flexibility index (Phi) is 2.01. The van der Waals surface area contributed by atoms with E-state index in [2.05, 4.69) is 6.08 Å². The molecule has 0 bridgehead atoms. The van der Waals surface area contributed by atoms with Crippen molar-refractivity contribution in [2.75, 3.05) is 13.2 Å². The predicted molar refractivity (Wildman–Crippen MR) is 54.2 cm³/mol. The first kappa shape index (κ1) is 9.55. The first-order chi connectivity index (χ1) is 7.23. The lowest BCUT2D eigenvalue weighted by Crippen LogP contribution is -2.35. The van der Waals surface area contributed by atoms with E-state index < -0.39 is 0 Å². The molecule has 82 valence electrons. The molecule has 3 nitrogen and oxygen atoms in total. The van der Waals surface area contributed by atoms with Crippen LogP contribution >= 0.6 is 0 Å². The van der Waals surface area contributed by atoms with Crippen LogP contribution in [0.25, 0.3) is 0 Å². The number of rotatable bonds is 1. The molecule has 1 aliphatic heterocycles. The van der Waals surface area contributed by atoms with Crippen molar-refractivity contribution in [3.8, 4) is 0 Å². The molecule has 0 aromatic carbocycles. The second-order valence-corrected chi connectivity index (χ2v) is 4.71. The lowest BCUT2D eigenvalue weighted by Gasteiger charge is -2.28. The summed E-state index contributed by atoms with van der Waals surface area (Å²) in [6.45, 7) is 3.08. The van der Waals surface area contributed by atoms with Gasteiger partial charge >= 0.3 is 0 Å². The van der Waals surface area contributed by atoms with Gasteiger partial charge in [-0.25, -0.2) is 0 Å². The molecule has 2 aliphatic carbocycles. The Balaban J connectivity index is 1.85. The van der Waals surface area contributed by atoms with Gasteiger partial charge in [0.25, 0.3) is 0 Å². The number of hydrogen-bond acceptors (Lipinski definition) is 3. The molecule has 0 aromatic heterocycles. The quantitative estimate of drug-likeness (QED) is 0.657. The molecule has 3 rings (SSSR count). The van der Waals surface area contributed by atoms with Crippen LogP contribution in [-0.4, -0.2) is 24.8 Å². The molecule has 1 heterocycles. The van der Waals surface area contributed by atoms with Crippen molar-refractivity contribution in [2.24, 2.45) is 11.8 Å². The zero-order valence-electron chi connectivity index (χ0n) is 8.99. The highest BCUT2D eigenvalue weighted by molar-refractivity contribution is 5.94. The maximum atomic E-state index is 11.4. The molecule has 3 heteroatoms. The van der Waals surface area contributed by atoms with E-state index in [1.54, 1.807) is 6.92 Å². The van der Waals surface area contributed by atoms with Crippen LogP contribution in [0.3, 0.4) is 0 Å². The third kappa shape index (κ3) is 1.23. The average molecular weight is 208 g/mol. The fraction of sp³-hybridized carbons (Fsp3) is 0.750. The molecule has 2 atom stereocenters. The summed E-state index contributed by atoms with van der Waals surface area (Å²) in [6.07, 6.45) is 5.02. The number of carbonyl (C=O) groups is 1. The van der Waals surface area contributed by atoms with Crippen molar-refractivity contribution in [2.45, 2.75) is 32.0 Å². The maximum Gasteiger partial charge on any atom is 0.172 e.